The number of hydrogen-bond donors (Lipinski definition) is 0. The maximum atomic E-state index is 14.5. The van der Waals surface area contributed by atoms with Crippen LogP contribution < -0.4 is 0 Å². The third kappa shape index (κ3) is 3.78. The lowest BCUT2D eigenvalue weighted by molar-refractivity contribution is 0.0508. The number of hydrogen-bond acceptors (Lipinski definition) is 3. The third-order valence-electron chi connectivity index (χ3n) is 6.08. The molecule has 0 N–H and O–H groups in total. The lowest BCUT2D eigenvalue weighted by Gasteiger charge is -2.41. The number of carbonyl (C=O) groups excluding carboxylic acids is 1. The van der Waals surface area contributed by atoms with Gasteiger partial charge in [0.2, 0.25) is 0 Å². The molecular weight excluding hydrogens is 460 g/mol. The maximum absolute atomic E-state index is 14.5. The summed E-state index contributed by atoms with van der Waals surface area (Å²) < 4.78 is 57.4. The summed E-state index contributed by atoms with van der Waals surface area (Å²) in [5.74, 6) is -5.53. The van der Waals surface area contributed by atoms with Crippen molar-refractivity contribution in [1.82, 2.24) is 19.7 Å². The summed E-state index contributed by atoms with van der Waals surface area (Å²) in [6.45, 7) is 3.75. The van der Waals surface area contributed by atoms with Crippen LogP contribution in [0.3, 0.4) is 0 Å². The normalized spacial score (nSPS) is 17.9. The number of carbonyl (C=O) groups is 1. The van der Waals surface area contributed by atoms with E-state index in [2.05, 4.69) is 10.1 Å². The Kier molecular flexibility index (Phi) is 6.18. The smallest absolute Gasteiger partial charge is 0.259 e. The van der Waals surface area contributed by atoms with Gasteiger partial charge in [0, 0.05) is 30.4 Å². The minimum Gasteiger partial charge on any atom is -0.327 e. The van der Waals surface area contributed by atoms with Crippen LogP contribution in [0.4, 0.5) is 17.6 Å². The second-order valence-corrected chi connectivity index (χ2v) is 8.38. The zero-order valence-electron chi connectivity index (χ0n) is 18.2. The van der Waals surface area contributed by atoms with E-state index in [1.807, 2.05) is 13.8 Å². The van der Waals surface area contributed by atoms with Gasteiger partial charge in [-0.1, -0.05) is 25.4 Å². The van der Waals surface area contributed by atoms with E-state index >= 15 is 0 Å². The summed E-state index contributed by atoms with van der Waals surface area (Å²) in [6, 6.07) is 0.990. The molecule has 3 aromatic rings. The third-order valence-corrected chi connectivity index (χ3v) is 6.36. The predicted octanol–water partition coefficient (Wildman–Crippen LogP) is 5.62. The molecule has 1 unspecified atom stereocenters. The first-order chi connectivity index (χ1) is 15.7. The SMILES string of the molecule is CCC1Cc2c(nn(C)c2-c2cc(F)c(F)c(F)c2)[C@H](CC)N1C(=O)c1c(F)cncc1Cl. The molecule has 0 saturated carbocycles. The molecule has 2 atom stereocenters. The van der Waals surface area contributed by atoms with E-state index in [1.165, 1.54) is 10.9 Å². The quantitative estimate of drug-likeness (QED) is 0.360. The first-order valence-corrected chi connectivity index (χ1v) is 10.9. The van der Waals surface area contributed by atoms with E-state index in [0.29, 0.717) is 36.2 Å². The van der Waals surface area contributed by atoms with Gasteiger partial charge in [-0.3, -0.25) is 14.5 Å². The van der Waals surface area contributed by atoms with Crippen LogP contribution in [0, 0.1) is 23.3 Å². The van der Waals surface area contributed by atoms with Crippen LogP contribution in [0.1, 0.15) is 54.3 Å². The van der Waals surface area contributed by atoms with Crippen LogP contribution in [0.2, 0.25) is 5.02 Å². The fourth-order valence-corrected chi connectivity index (χ4v) is 4.84. The molecule has 0 radical (unpaired) electrons. The van der Waals surface area contributed by atoms with Gasteiger partial charge in [0.1, 0.15) is 0 Å². The number of fused-ring (bicyclic) bond motifs is 1. The Hall–Kier alpha value is -2.94. The zero-order chi connectivity index (χ0) is 24.0. The van der Waals surface area contributed by atoms with Crippen molar-refractivity contribution in [3.8, 4) is 11.3 Å². The lowest BCUT2D eigenvalue weighted by Crippen LogP contribution is -2.47. The fraction of sp³-hybridized carbons (Fsp3) is 0.348. The van der Waals surface area contributed by atoms with Gasteiger partial charge >= 0.3 is 0 Å². The van der Waals surface area contributed by atoms with Crippen molar-refractivity contribution in [3.63, 3.8) is 0 Å². The van der Waals surface area contributed by atoms with Crippen LogP contribution >= 0.6 is 11.6 Å². The lowest BCUT2D eigenvalue weighted by atomic mass is 9.87. The number of amides is 1. The number of pyridine rings is 1. The van der Waals surface area contributed by atoms with Crippen LogP contribution in [-0.2, 0) is 13.5 Å². The molecule has 2 aromatic heterocycles. The molecule has 1 amide bonds. The van der Waals surface area contributed by atoms with Crippen LogP contribution in [0.25, 0.3) is 11.3 Å². The molecule has 1 aliphatic rings. The van der Waals surface area contributed by atoms with E-state index in [4.69, 9.17) is 11.6 Å². The molecule has 0 aliphatic carbocycles. The Balaban J connectivity index is 1.86. The van der Waals surface area contributed by atoms with E-state index in [1.54, 1.807) is 11.9 Å². The van der Waals surface area contributed by atoms with E-state index < -0.39 is 35.2 Å². The molecule has 33 heavy (non-hydrogen) atoms. The predicted molar refractivity (Wildman–Crippen MR) is 115 cm³/mol. The van der Waals surface area contributed by atoms with Gasteiger partial charge in [-0.15, -0.1) is 0 Å². The van der Waals surface area contributed by atoms with Crippen molar-refractivity contribution in [1.29, 1.82) is 0 Å². The van der Waals surface area contributed by atoms with E-state index in [0.717, 1.165) is 18.3 Å². The number of aromatic nitrogens is 3. The number of halogens is 5. The highest BCUT2D eigenvalue weighted by atomic mass is 35.5. The number of benzene rings is 1. The minimum atomic E-state index is -1.54. The van der Waals surface area contributed by atoms with E-state index in [9.17, 15) is 22.4 Å². The largest absolute Gasteiger partial charge is 0.327 e. The van der Waals surface area contributed by atoms with Gasteiger partial charge in [0.25, 0.3) is 5.91 Å². The highest BCUT2D eigenvalue weighted by molar-refractivity contribution is 6.33. The Morgan fingerprint density at radius 1 is 1.09 bits per heavy atom. The fourth-order valence-electron chi connectivity index (χ4n) is 4.61. The van der Waals surface area contributed by atoms with Crippen molar-refractivity contribution < 1.29 is 22.4 Å². The molecule has 0 fully saturated rings. The number of nitrogens with zero attached hydrogens (tertiary/aromatic N) is 4. The van der Waals surface area contributed by atoms with Gasteiger partial charge in [0.05, 0.1) is 34.2 Å². The molecule has 10 heteroatoms. The highest BCUT2D eigenvalue weighted by Gasteiger charge is 2.41. The first kappa shape index (κ1) is 23.2. The van der Waals surface area contributed by atoms with Gasteiger partial charge in [0.15, 0.2) is 23.3 Å². The van der Waals surface area contributed by atoms with Crippen LogP contribution in [0.15, 0.2) is 24.5 Å². The summed E-state index contributed by atoms with van der Waals surface area (Å²) in [5.41, 5.74) is 1.59. The topological polar surface area (TPSA) is 51.0 Å². The molecule has 0 saturated heterocycles. The Morgan fingerprint density at radius 3 is 2.33 bits per heavy atom. The first-order valence-electron chi connectivity index (χ1n) is 10.5. The monoisotopic (exact) mass is 480 g/mol. The van der Waals surface area contributed by atoms with E-state index in [-0.39, 0.29) is 22.2 Å². The molecule has 1 aliphatic heterocycles. The van der Waals surface area contributed by atoms with Crippen molar-refractivity contribution >= 4 is 17.5 Å². The zero-order valence-corrected chi connectivity index (χ0v) is 18.9. The summed E-state index contributed by atoms with van der Waals surface area (Å²) in [5, 5.41) is 4.46. The van der Waals surface area contributed by atoms with Crippen molar-refractivity contribution in [2.24, 2.45) is 7.05 Å². The summed E-state index contributed by atoms with van der Waals surface area (Å²) in [4.78, 5) is 18.7. The van der Waals surface area contributed by atoms with Crippen LogP contribution in [-0.4, -0.2) is 31.6 Å². The Labute approximate surface area is 193 Å². The van der Waals surface area contributed by atoms with Crippen molar-refractivity contribution in [2.75, 3.05) is 0 Å². The molecule has 0 spiro atoms. The standard InChI is InChI=1S/C23H21ClF4N4O/c1-4-12-8-13-21(30-31(3)22(13)11-6-15(25)20(28)16(26)7-11)18(5-2)32(12)23(33)19-14(24)9-29-10-17(19)27/h6-7,9-10,12,18H,4-5,8H2,1-3H3/t12?,18-/m0/s1. The molecule has 174 valence electrons. The van der Waals surface area contributed by atoms with Crippen LogP contribution in [0.5, 0.6) is 0 Å². The molecule has 3 heterocycles. The summed E-state index contributed by atoms with van der Waals surface area (Å²) in [7, 11) is 1.62. The highest BCUT2D eigenvalue weighted by Crippen LogP contribution is 2.42. The Morgan fingerprint density at radius 2 is 1.76 bits per heavy atom. The number of aryl methyl sites for hydroxylation is 1. The van der Waals surface area contributed by atoms with Gasteiger partial charge < -0.3 is 4.90 Å². The van der Waals surface area contributed by atoms with Gasteiger partial charge in [-0.2, -0.15) is 5.10 Å². The van der Waals surface area contributed by atoms with Crippen molar-refractivity contribution in [3.05, 3.63) is 69.6 Å². The second kappa shape index (κ2) is 8.78. The van der Waals surface area contributed by atoms with Gasteiger partial charge in [-0.25, -0.2) is 17.6 Å². The molecule has 1 aromatic carbocycles. The number of rotatable bonds is 4. The Bertz CT molecular complexity index is 1200. The summed E-state index contributed by atoms with van der Waals surface area (Å²) in [6.07, 6.45) is 3.47. The maximum Gasteiger partial charge on any atom is 0.259 e. The van der Waals surface area contributed by atoms with Gasteiger partial charge in [-0.05, 0) is 31.4 Å². The average Bonchev–Trinajstić information content (AvgIpc) is 3.10. The molecular formula is C23H21ClF4N4O. The minimum absolute atomic E-state index is 0.0884. The second-order valence-electron chi connectivity index (χ2n) is 7.97. The molecule has 4 rings (SSSR count). The molecule has 5 nitrogen and oxygen atoms in total. The van der Waals surface area contributed by atoms with Crippen molar-refractivity contribution in [2.45, 2.75) is 45.2 Å². The summed E-state index contributed by atoms with van der Waals surface area (Å²) >= 11 is 6.11. The molecule has 0 bridgehead atoms. The average molecular weight is 481 g/mol.